The van der Waals surface area contributed by atoms with E-state index in [0.717, 1.165) is 22.2 Å². The first-order chi connectivity index (χ1) is 9.88. The van der Waals surface area contributed by atoms with Crippen molar-refractivity contribution in [1.29, 1.82) is 0 Å². The molecule has 21 heavy (non-hydrogen) atoms. The zero-order valence-corrected chi connectivity index (χ0v) is 13.8. The van der Waals surface area contributed by atoms with E-state index in [9.17, 15) is 19.5 Å². The first kappa shape index (κ1) is 15.8. The fourth-order valence-corrected chi connectivity index (χ4v) is 3.08. The summed E-state index contributed by atoms with van der Waals surface area (Å²) in [6.45, 7) is -0.524. The number of carbonyl (C=O) groups excluding carboxylic acids is 3. The SMILES string of the molecule is CN1C(=O)S/C(=C/c2ccc(OCC(=O)[O-])c(I)c2)C1=O. The quantitative estimate of drug-likeness (QED) is 0.538. The Bertz CT molecular complexity index is 658. The third kappa shape index (κ3) is 3.76. The average molecular weight is 418 g/mol. The number of rotatable bonds is 4. The molecule has 0 N–H and O–H groups in total. The number of nitrogens with zero attached hydrogens (tertiary/aromatic N) is 1. The van der Waals surface area contributed by atoms with Crippen LogP contribution in [0.2, 0.25) is 0 Å². The molecule has 1 saturated heterocycles. The zero-order valence-electron chi connectivity index (χ0n) is 10.8. The second-order valence-corrected chi connectivity index (χ2v) is 6.25. The minimum absolute atomic E-state index is 0.310. The van der Waals surface area contributed by atoms with Crippen LogP contribution in [0.1, 0.15) is 5.56 Å². The lowest BCUT2D eigenvalue weighted by atomic mass is 10.2. The molecule has 0 aromatic heterocycles. The van der Waals surface area contributed by atoms with E-state index in [-0.39, 0.29) is 11.1 Å². The molecule has 1 aromatic carbocycles. The van der Waals surface area contributed by atoms with Crippen LogP contribution in [0.25, 0.3) is 6.08 Å². The maximum atomic E-state index is 11.8. The summed E-state index contributed by atoms with van der Waals surface area (Å²) in [6.07, 6.45) is 1.61. The monoisotopic (exact) mass is 418 g/mol. The van der Waals surface area contributed by atoms with Crippen LogP contribution in [-0.4, -0.2) is 35.7 Å². The Balaban J connectivity index is 2.19. The summed E-state index contributed by atoms with van der Waals surface area (Å²) < 4.78 is 5.75. The van der Waals surface area contributed by atoms with Gasteiger partial charge in [-0.3, -0.25) is 14.5 Å². The van der Waals surface area contributed by atoms with Gasteiger partial charge in [-0.15, -0.1) is 0 Å². The van der Waals surface area contributed by atoms with Crippen molar-refractivity contribution < 1.29 is 24.2 Å². The molecule has 110 valence electrons. The molecule has 0 aliphatic carbocycles. The Kier molecular flexibility index (Phi) is 4.88. The van der Waals surface area contributed by atoms with Gasteiger partial charge in [0.2, 0.25) is 0 Å². The Morgan fingerprint density at radius 1 is 1.48 bits per heavy atom. The summed E-state index contributed by atoms with van der Waals surface area (Å²) in [4.78, 5) is 34.9. The third-order valence-electron chi connectivity index (χ3n) is 2.59. The van der Waals surface area contributed by atoms with E-state index in [1.807, 2.05) is 22.6 Å². The Hall–Kier alpha value is -1.55. The second-order valence-electron chi connectivity index (χ2n) is 4.09. The largest absolute Gasteiger partial charge is 0.546 e. The molecular formula is C13H9INO5S-. The topological polar surface area (TPSA) is 86.7 Å². The normalized spacial score (nSPS) is 16.7. The average Bonchev–Trinajstić information content (AvgIpc) is 2.65. The van der Waals surface area contributed by atoms with Crippen molar-refractivity contribution in [2.24, 2.45) is 0 Å². The number of benzene rings is 1. The van der Waals surface area contributed by atoms with Crippen molar-refractivity contribution in [2.45, 2.75) is 0 Å². The van der Waals surface area contributed by atoms with E-state index < -0.39 is 12.6 Å². The highest BCUT2D eigenvalue weighted by molar-refractivity contribution is 14.1. The molecule has 0 atom stereocenters. The van der Waals surface area contributed by atoms with E-state index in [1.54, 1.807) is 24.3 Å². The maximum absolute atomic E-state index is 11.8. The Morgan fingerprint density at radius 2 is 2.19 bits per heavy atom. The van der Waals surface area contributed by atoms with Crippen LogP contribution in [0.5, 0.6) is 5.75 Å². The molecule has 2 amide bonds. The fourth-order valence-electron chi connectivity index (χ4n) is 1.56. The van der Waals surface area contributed by atoms with Crippen molar-refractivity contribution in [3.05, 3.63) is 32.2 Å². The highest BCUT2D eigenvalue weighted by Crippen LogP contribution is 2.32. The van der Waals surface area contributed by atoms with Gasteiger partial charge in [0.15, 0.2) is 0 Å². The van der Waals surface area contributed by atoms with Crippen LogP contribution in [0, 0.1) is 3.57 Å². The van der Waals surface area contributed by atoms with Crippen molar-refractivity contribution in [2.75, 3.05) is 13.7 Å². The van der Waals surface area contributed by atoms with Gasteiger partial charge in [-0.05, 0) is 58.1 Å². The van der Waals surface area contributed by atoms with Gasteiger partial charge in [-0.25, -0.2) is 0 Å². The van der Waals surface area contributed by atoms with Gasteiger partial charge in [0, 0.05) is 7.05 Å². The van der Waals surface area contributed by atoms with E-state index in [4.69, 9.17) is 4.74 Å². The van der Waals surface area contributed by atoms with E-state index in [0.29, 0.717) is 14.2 Å². The molecule has 0 bridgehead atoms. The number of carboxylic acid groups (broad SMARTS) is 1. The summed E-state index contributed by atoms with van der Waals surface area (Å²) in [6, 6.07) is 5.01. The predicted molar refractivity (Wildman–Crippen MR) is 83.4 cm³/mol. The number of ether oxygens (including phenoxy) is 1. The lowest BCUT2D eigenvalue weighted by molar-refractivity contribution is -0.307. The molecule has 1 heterocycles. The number of imide groups is 1. The van der Waals surface area contributed by atoms with Gasteiger partial charge in [0.25, 0.3) is 11.1 Å². The molecule has 2 rings (SSSR count). The van der Waals surface area contributed by atoms with E-state index in [2.05, 4.69) is 0 Å². The molecule has 6 nitrogen and oxygen atoms in total. The van der Waals surface area contributed by atoms with Crippen LogP contribution in [0.4, 0.5) is 4.79 Å². The second kappa shape index (κ2) is 6.48. The number of amides is 2. The van der Waals surface area contributed by atoms with Gasteiger partial charge in [-0.2, -0.15) is 0 Å². The number of halogens is 1. The smallest absolute Gasteiger partial charge is 0.293 e. The van der Waals surface area contributed by atoms with Crippen LogP contribution >= 0.6 is 34.4 Å². The molecule has 0 radical (unpaired) electrons. The van der Waals surface area contributed by atoms with E-state index in [1.165, 1.54) is 7.05 Å². The van der Waals surface area contributed by atoms with Crippen molar-refractivity contribution in [3.8, 4) is 5.75 Å². The van der Waals surface area contributed by atoms with Gasteiger partial charge >= 0.3 is 0 Å². The summed E-state index contributed by atoms with van der Waals surface area (Å²) in [7, 11) is 1.43. The first-order valence-corrected chi connectivity index (χ1v) is 7.62. The van der Waals surface area contributed by atoms with Crippen molar-refractivity contribution >= 4 is 57.5 Å². The minimum atomic E-state index is -1.30. The van der Waals surface area contributed by atoms with Gasteiger partial charge in [0.1, 0.15) is 12.4 Å². The summed E-state index contributed by atoms with van der Waals surface area (Å²) >= 11 is 2.88. The maximum Gasteiger partial charge on any atom is 0.293 e. The van der Waals surface area contributed by atoms with Gasteiger partial charge in [-0.1, -0.05) is 6.07 Å². The number of hydrogen-bond acceptors (Lipinski definition) is 6. The van der Waals surface area contributed by atoms with Crippen molar-refractivity contribution in [1.82, 2.24) is 4.90 Å². The molecule has 1 aliphatic rings. The lowest BCUT2D eigenvalue weighted by Gasteiger charge is -2.09. The van der Waals surface area contributed by atoms with Crippen LogP contribution in [0.3, 0.4) is 0 Å². The van der Waals surface area contributed by atoms with Crippen LogP contribution in [-0.2, 0) is 9.59 Å². The number of carboxylic acids is 1. The first-order valence-electron chi connectivity index (χ1n) is 5.72. The number of likely N-dealkylation sites (N-methyl/N-ethyl adjacent to an activating group) is 1. The summed E-state index contributed by atoms with van der Waals surface area (Å²) in [5, 5.41) is 10.0. The molecule has 8 heteroatoms. The number of hydrogen-bond donors (Lipinski definition) is 0. The van der Waals surface area contributed by atoms with E-state index >= 15 is 0 Å². The Morgan fingerprint density at radius 3 is 2.71 bits per heavy atom. The highest BCUT2D eigenvalue weighted by atomic mass is 127. The molecule has 1 aromatic rings. The third-order valence-corrected chi connectivity index (χ3v) is 4.39. The van der Waals surface area contributed by atoms with Crippen LogP contribution in [0.15, 0.2) is 23.1 Å². The molecule has 0 saturated carbocycles. The predicted octanol–water partition coefficient (Wildman–Crippen LogP) is 1.09. The molecule has 1 fully saturated rings. The zero-order chi connectivity index (χ0) is 15.6. The fraction of sp³-hybridized carbons (Fsp3) is 0.154. The summed E-state index contributed by atoms with van der Waals surface area (Å²) in [5.41, 5.74) is 0.721. The van der Waals surface area contributed by atoms with Gasteiger partial charge < -0.3 is 14.6 Å². The Labute approximate surface area is 138 Å². The van der Waals surface area contributed by atoms with Crippen molar-refractivity contribution in [3.63, 3.8) is 0 Å². The number of aliphatic carboxylic acids is 1. The number of thioether (sulfide) groups is 1. The summed E-state index contributed by atoms with van der Waals surface area (Å²) in [5.74, 6) is -1.22. The highest BCUT2D eigenvalue weighted by Gasteiger charge is 2.31. The van der Waals surface area contributed by atoms with Gasteiger partial charge in [0.05, 0.1) is 14.4 Å². The van der Waals surface area contributed by atoms with Crippen LogP contribution < -0.4 is 9.84 Å². The minimum Gasteiger partial charge on any atom is -0.546 e. The molecule has 0 unspecified atom stereocenters. The molecule has 0 spiro atoms. The lowest BCUT2D eigenvalue weighted by Crippen LogP contribution is -2.29. The molecule has 1 aliphatic heterocycles. The molecular weight excluding hydrogens is 409 g/mol. The number of carbonyl (C=O) groups is 3. The standard InChI is InChI=1S/C13H10INO5S/c1-15-12(18)10(21-13(15)19)5-7-2-3-9(8(14)4-7)20-6-11(16)17/h2-5H,6H2,1H3,(H,16,17)/p-1/b10-5+.